The van der Waals surface area contributed by atoms with E-state index in [9.17, 15) is 4.79 Å². The molecule has 4 heterocycles. The number of amides is 1. The lowest BCUT2D eigenvalue weighted by Gasteiger charge is -2.33. The standard InChI is InChI=1S/C18H21N7O/c1-12-9-16(22-11-21-12)24-7-4-13(5-8-24)15-3-6-20-17-14(18(26)19-2)10-23-25(15)17/h3,6,9-11,13H,4-5,7-8H2,1-2H3,(H,19,26). The highest BCUT2D eigenvalue weighted by Gasteiger charge is 2.25. The highest BCUT2D eigenvalue weighted by Crippen LogP contribution is 2.30. The topological polar surface area (TPSA) is 88.3 Å². The maximum Gasteiger partial charge on any atom is 0.256 e. The van der Waals surface area contributed by atoms with Gasteiger partial charge in [0.1, 0.15) is 17.7 Å². The highest BCUT2D eigenvalue weighted by atomic mass is 16.1. The third-order valence-electron chi connectivity index (χ3n) is 4.93. The van der Waals surface area contributed by atoms with Gasteiger partial charge in [0.25, 0.3) is 5.91 Å². The van der Waals surface area contributed by atoms with Crippen molar-refractivity contribution in [3.63, 3.8) is 0 Å². The molecule has 1 amide bonds. The molecule has 1 N–H and O–H groups in total. The Balaban J connectivity index is 1.56. The van der Waals surface area contributed by atoms with E-state index in [0.717, 1.165) is 43.1 Å². The molecule has 0 unspecified atom stereocenters. The first-order valence-corrected chi connectivity index (χ1v) is 8.75. The van der Waals surface area contributed by atoms with Crippen LogP contribution in [-0.2, 0) is 0 Å². The highest BCUT2D eigenvalue weighted by molar-refractivity contribution is 5.99. The van der Waals surface area contributed by atoms with Gasteiger partial charge in [0.2, 0.25) is 0 Å². The van der Waals surface area contributed by atoms with E-state index in [1.165, 1.54) is 0 Å². The lowest BCUT2D eigenvalue weighted by Crippen LogP contribution is -2.34. The Hall–Kier alpha value is -3.03. The predicted octanol–water partition coefficient (Wildman–Crippen LogP) is 1.57. The number of piperidine rings is 1. The Kier molecular flexibility index (Phi) is 4.24. The summed E-state index contributed by atoms with van der Waals surface area (Å²) in [5.41, 5.74) is 3.19. The molecule has 3 aromatic rings. The molecular weight excluding hydrogens is 330 g/mol. The van der Waals surface area contributed by atoms with Gasteiger partial charge in [0.15, 0.2) is 5.65 Å². The van der Waals surface area contributed by atoms with Gasteiger partial charge in [-0.3, -0.25) is 4.79 Å². The average Bonchev–Trinajstić information content (AvgIpc) is 3.12. The second-order valence-electron chi connectivity index (χ2n) is 6.52. The molecule has 26 heavy (non-hydrogen) atoms. The summed E-state index contributed by atoms with van der Waals surface area (Å²) in [6, 6.07) is 4.02. The largest absolute Gasteiger partial charge is 0.356 e. The number of fused-ring (bicyclic) bond motifs is 1. The van der Waals surface area contributed by atoms with Crippen molar-refractivity contribution in [2.75, 3.05) is 25.0 Å². The van der Waals surface area contributed by atoms with Gasteiger partial charge in [0.05, 0.1) is 6.20 Å². The normalized spacial score (nSPS) is 15.4. The summed E-state index contributed by atoms with van der Waals surface area (Å²) < 4.78 is 1.81. The minimum atomic E-state index is -0.168. The van der Waals surface area contributed by atoms with Crippen molar-refractivity contribution in [3.8, 4) is 0 Å². The molecule has 4 rings (SSSR count). The van der Waals surface area contributed by atoms with E-state index in [1.807, 2.05) is 19.1 Å². The van der Waals surface area contributed by atoms with E-state index in [-0.39, 0.29) is 5.91 Å². The van der Waals surface area contributed by atoms with Crippen molar-refractivity contribution in [1.82, 2.24) is 29.9 Å². The number of hydrogen-bond donors (Lipinski definition) is 1. The fourth-order valence-electron chi connectivity index (χ4n) is 3.53. The lowest BCUT2D eigenvalue weighted by atomic mass is 9.93. The van der Waals surface area contributed by atoms with Gasteiger partial charge in [-0.1, -0.05) is 0 Å². The fourth-order valence-corrected chi connectivity index (χ4v) is 3.53. The molecule has 0 bridgehead atoms. The number of nitrogens with one attached hydrogen (secondary N) is 1. The number of aromatic nitrogens is 5. The third-order valence-corrected chi connectivity index (χ3v) is 4.93. The number of nitrogens with zero attached hydrogens (tertiary/aromatic N) is 6. The summed E-state index contributed by atoms with van der Waals surface area (Å²) in [6.45, 7) is 3.83. The Morgan fingerprint density at radius 1 is 1.23 bits per heavy atom. The summed E-state index contributed by atoms with van der Waals surface area (Å²) in [4.78, 5) is 27.2. The Labute approximate surface area is 151 Å². The first kappa shape index (κ1) is 16.4. The summed E-state index contributed by atoms with van der Waals surface area (Å²) in [5, 5.41) is 7.05. The van der Waals surface area contributed by atoms with E-state index in [1.54, 1.807) is 30.3 Å². The lowest BCUT2D eigenvalue weighted by molar-refractivity contribution is 0.0964. The molecule has 1 fully saturated rings. The van der Waals surface area contributed by atoms with Crippen LogP contribution < -0.4 is 10.2 Å². The van der Waals surface area contributed by atoms with E-state index >= 15 is 0 Å². The zero-order chi connectivity index (χ0) is 18.1. The van der Waals surface area contributed by atoms with E-state index in [2.05, 4.69) is 30.3 Å². The summed E-state index contributed by atoms with van der Waals surface area (Å²) in [5.74, 6) is 1.19. The molecule has 0 saturated carbocycles. The summed E-state index contributed by atoms with van der Waals surface area (Å²) >= 11 is 0. The van der Waals surface area contributed by atoms with Gasteiger partial charge < -0.3 is 10.2 Å². The number of aryl methyl sites for hydroxylation is 1. The Bertz CT molecular complexity index is 944. The van der Waals surface area contributed by atoms with Crippen LogP contribution in [0.15, 0.2) is 30.9 Å². The van der Waals surface area contributed by atoms with Crippen LogP contribution in [0.4, 0.5) is 5.82 Å². The number of anilines is 1. The predicted molar refractivity (Wildman–Crippen MR) is 97.3 cm³/mol. The zero-order valence-corrected chi connectivity index (χ0v) is 14.9. The average molecular weight is 351 g/mol. The van der Waals surface area contributed by atoms with Crippen LogP contribution >= 0.6 is 0 Å². The minimum Gasteiger partial charge on any atom is -0.356 e. The molecule has 1 saturated heterocycles. The minimum absolute atomic E-state index is 0.168. The van der Waals surface area contributed by atoms with Crippen molar-refractivity contribution in [3.05, 3.63) is 47.8 Å². The Morgan fingerprint density at radius 2 is 2.04 bits per heavy atom. The second-order valence-corrected chi connectivity index (χ2v) is 6.52. The summed E-state index contributed by atoms with van der Waals surface area (Å²) in [7, 11) is 1.61. The second kappa shape index (κ2) is 6.70. The third kappa shape index (κ3) is 2.87. The molecule has 0 spiro atoms. The van der Waals surface area contributed by atoms with Crippen molar-refractivity contribution < 1.29 is 4.79 Å². The number of carbonyl (C=O) groups is 1. The van der Waals surface area contributed by atoms with Gasteiger partial charge in [-0.15, -0.1) is 0 Å². The van der Waals surface area contributed by atoms with Crippen molar-refractivity contribution in [2.24, 2.45) is 0 Å². The maximum atomic E-state index is 12.0. The molecule has 0 aliphatic carbocycles. The van der Waals surface area contributed by atoms with Crippen molar-refractivity contribution in [1.29, 1.82) is 0 Å². The molecule has 0 atom stereocenters. The monoisotopic (exact) mass is 351 g/mol. The number of rotatable bonds is 3. The number of hydrogen-bond acceptors (Lipinski definition) is 6. The smallest absolute Gasteiger partial charge is 0.256 e. The van der Waals surface area contributed by atoms with E-state index < -0.39 is 0 Å². The van der Waals surface area contributed by atoms with Crippen LogP contribution in [-0.4, -0.2) is 50.6 Å². The van der Waals surface area contributed by atoms with E-state index in [0.29, 0.717) is 17.1 Å². The van der Waals surface area contributed by atoms with Gasteiger partial charge in [-0.2, -0.15) is 5.10 Å². The Morgan fingerprint density at radius 3 is 2.77 bits per heavy atom. The van der Waals surface area contributed by atoms with Gasteiger partial charge >= 0.3 is 0 Å². The van der Waals surface area contributed by atoms with Crippen LogP contribution in [0.5, 0.6) is 0 Å². The molecule has 0 radical (unpaired) electrons. The van der Waals surface area contributed by atoms with Crippen molar-refractivity contribution in [2.45, 2.75) is 25.7 Å². The zero-order valence-electron chi connectivity index (χ0n) is 14.9. The molecule has 8 heteroatoms. The van der Waals surface area contributed by atoms with Crippen molar-refractivity contribution >= 4 is 17.4 Å². The molecule has 8 nitrogen and oxygen atoms in total. The van der Waals surface area contributed by atoms with Crippen LogP contribution in [0.2, 0.25) is 0 Å². The van der Waals surface area contributed by atoms with Crippen LogP contribution in [0.1, 0.15) is 40.5 Å². The van der Waals surface area contributed by atoms with E-state index in [4.69, 9.17) is 0 Å². The quantitative estimate of drug-likeness (QED) is 0.771. The van der Waals surface area contributed by atoms with Crippen LogP contribution in [0.3, 0.4) is 0 Å². The van der Waals surface area contributed by atoms with Gasteiger partial charge in [-0.05, 0) is 25.8 Å². The molecule has 3 aromatic heterocycles. The first-order chi connectivity index (χ1) is 12.7. The number of carbonyl (C=O) groups excluding carboxylic acids is 1. The van der Waals surface area contributed by atoms with Gasteiger partial charge in [0, 0.05) is 49.7 Å². The first-order valence-electron chi connectivity index (χ1n) is 8.75. The molecular formula is C18H21N7O. The molecule has 1 aliphatic heterocycles. The van der Waals surface area contributed by atoms with Crippen LogP contribution in [0, 0.1) is 6.92 Å². The SMILES string of the molecule is CNC(=O)c1cnn2c(C3CCN(c4cc(C)ncn4)CC3)ccnc12. The van der Waals surface area contributed by atoms with Gasteiger partial charge in [-0.25, -0.2) is 19.5 Å². The van der Waals surface area contributed by atoms with Crippen LogP contribution in [0.25, 0.3) is 5.65 Å². The fraction of sp³-hybridized carbons (Fsp3) is 0.389. The maximum absolute atomic E-state index is 12.0. The molecule has 134 valence electrons. The summed E-state index contributed by atoms with van der Waals surface area (Å²) in [6.07, 6.45) is 6.96. The molecule has 0 aromatic carbocycles. The molecule has 1 aliphatic rings.